The molecule has 1 saturated heterocycles. The smallest absolute Gasteiger partial charge is 0.313 e. The molecule has 1 heterocycles. The van der Waals surface area contributed by atoms with Gasteiger partial charge < -0.3 is 14.8 Å². The molecule has 8 nitrogen and oxygen atoms in total. The zero-order valence-corrected chi connectivity index (χ0v) is 19.1. The summed E-state index contributed by atoms with van der Waals surface area (Å²) >= 11 is 0. The molecule has 0 unspecified atom stereocenters. The summed E-state index contributed by atoms with van der Waals surface area (Å²) in [5.41, 5.74) is 1.73. The number of amides is 1. The van der Waals surface area contributed by atoms with Crippen molar-refractivity contribution in [2.45, 2.75) is 31.1 Å². The molecule has 0 bridgehead atoms. The van der Waals surface area contributed by atoms with E-state index in [9.17, 15) is 18.0 Å². The summed E-state index contributed by atoms with van der Waals surface area (Å²) in [7, 11) is -3.71. The fourth-order valence-corrected chi connectivity index (χ4v) is 5.20. The van der Waals surface area contributed by atoms with Crippen LogP contribution in [0.5, 0.6) is 0 Å². The number of hydrogen-bond donors (Lipinski definition) is 1. The molecule has 172 valence electrons. The van der Waals surface area contributed by atoms with Crippen LogP contribution in [0.1, 0.15) is 30.4 Å². The number of anilines is 1. The molecule has 0 aliphatic carbocycles. The molecular formula is C23H28N2O6S. The normalized spacial score (nSPS) is 15.7. The predicted molar refractivity (Wildman–Crippen MR) is 120 cm³/mol. The number of esters is 1. The van der Waals surface area contributed by atoms with Crippen molar-refractivity contribution >= 4 is 27.6 Å². The van der Waals surface area contributed by atoms with Gasteiger partial charge in [-0.3, -0.25) is 9.59 Å². The summed E-state index contributed by atoms with van der Waals surface area (Å²) in [6.07, 6.45) is 0.547. The van der Waals surface area contributed by atoms with Crippen LogP contribution in [0.4, 0.5) is 5.69 Å². The van der Waals surface area contributed by atoms with Gasteiger partial charge in [0.2, 0.25) is 10.0 Å². The summed E-state index contributed by atoms with van der Waals surface area (Å²) in [6.45, 7) is 4.39. The molecule has 1 aliphatic rings. The first kappa shape index (κ1) is 23.9. The molecule has 0 saturated carbocycles. The van der Waals surface area contributed by atoms with E-state index >= 15 is 0 Å². The number of sulfonamides is 1. The van der Waals surface area contributed by atoms with Crippen LogP contribution in [0, 0.1) is 6.92 Å². The van der Waals surface area contributed by atoms with Crippen LogP contribution < -0.4 is 5.32 Å². The molecule has 2 aromatic carbocycles. The van der Waals surface area contributed by atoms with E-state index in [1.165, 1.54) is 10.4 Å². The van der Waals surface area contributed by atoms with Gasteiger partial charge in [0, 0.05) is 18.8 Å². The maximum absolute atomic E-state index is 13.0. The van der Waals surface area contributed by atoms with Crippen molar-refractivity contribution in [2.24, 2.45) is 0 Å². The van der Waals surface area contributed by atoms with E-state index in [4.69, 9.17) is 9.47 Å². The van der Waals surface area contributed by atoms with E-state index in [0.29, 0.717) is 30.9 Å². The number of nitrogens with zero attached hydrogens (tertiary/aromatic N) is 1. The lowest BCUT2D eigenvalue weighted by atomic mass is 9.97. The first-order chi connectivity index (χ1) is 15.3. The summed E-state index contributed by atoms with van der Waals surface area (Å²) in [5, 5.41) is 2.61. The maximum atomic E-state index is 13.0. The zero-order valence-electron chi connectivity index (χ0n) is 18.2. The third kappa shape index (κ3) is 5.73. The van der Waals surface area contributed by atoms with E-state index in [2.05, 4.69) is 5.32 Å². The third-order valence-corrected chi connectivity index (χ3v) is 7.34. The third-order valence-electron chi connectivity index (χ3n) is 5.30. The fourth-order valence-electron chi connectivity index (χ4n) is 3.54. The van der Waals surface area contributed by atoms with Gasteiger partial charge in [-0.1, -0.05) is 43.3 Å². The largest absolute Gasteiger partial charge is 0.455 e. The molecule has 32 heavy (non-hydrogen) atoms. The highest BCUT2D eigenvalue weighted by molar-refractivity contribution is 7.89. The van der Waals surface area contributed by atoms with Gasteiger partial charge in [-0.25, -0.2) is 8.42 Å². The Morgan fingerprint density at radius 3 is 2.47 bits per heavy atom. The minimum absolute atomic E-state index is 0.129. The predicted octanol–water partition coefficient (Wildman–Crippen LogP) is 2.69. The van der Waals surface area contributed by atoms with Crippen LogP contribution in [-0.4, -0.2) is 57.5 Å². The van der Waals surface area contributed by atoms with Gasteiger partial charge >= 0.3 is 5.97 Å². The van der Waals surface area contributed by atoms with Gasteiger partial charge in [-0.05, 0) is 36.6 Å². The monoisotopic (exact) mass is 460 g/mol. The second-order valence-electron chi connectivity index (χ2n) is 7.52. The van der Waals surface area contributed by atoms with E-state index in [1.807, 2.05) is 37.3 Å². The van der Waals surface area contributed by atoms with Gasteiger partial charge in [0.1, 0.15) is 0 Å². The minimum atomic E-state index is -3.71. The van der Waals surface area contributed by atoms with Crippen molar-refractivity contribution in [3.63, 3.8) is 0 Å². The average molecular weight is 461 g/mol. The Bertz CT molecular complexity index is 1050. The quantitative estimate of drug-likeness (QED) is 0.608. The van der Waals surface area contributed by atoms with Crippen molar-refractivity contribution < 1.29 is 27.5 Å². The van der Waals surface area contributed by atoms with E-state index in [0.717, 1.165) is 5.56 Å². The van der Waals surface area contributed by atoms with Crippen molar-refractivity contribution in [3.05, 3.63) is 59.7 Å². The highest BCUT2D eigenvalue weighted by Crippen LogP contribution is 2.25. The number of rotatable bonds is 8. The molecule has 0 radical (unpaired) electrons. The lowest BCUT2D eigenvalue weighted by Crippen LogP contribution is -2.40. The molecule has 0 spiro atoms. The lowest BCUT2D eigenvalue weighted by molar-refractivity contribution is -0.149. The second-order valence-corrected chi connectivity index (χ2v) is 9.43. The van der Waals surface area contributed by atoms with Crippen LogP contribution in [-0.2, 0) is 29.1 Å². The van der Waals surface area contributed by atoms with Crippen LogP contribution >= 0.6 is 0 Å². The van der Waals surface area contributed by atoms with Gasteiger partial charge in [0.25, 0.3) is 5.91 Å². The minimum Gasteiger partial charge on any atom is -0.455 e. The lowest BCUT2D eigenvalue weighted by Gasteiger charge is -2.26. The maximum Gasteiger partial charge on any atom is 0.313 e. The molecule has 1 aliphatic heterocycles. The fraction of sp³-hybridized carbons (Fsp3) is 0.391. The van der Waals surface area contributed by atoms with Crippen LogP contribution in [0.2, 0.25) is 0 Å². The first-order valence-electron chi connectivity index (χ1n) is 10.5. The highest BCUT2D eigenvalue weighted by Gasteiger charge is 2.28. The Morgan fingerprint density at radius 1 is 1.12 bits per heavy atom. The topological polar surface area (TPSA) is 102 Å². The number of benzene rings is 2. The SMILES string of the molecule is CC[C@H](C(=O)OCC(=O)Nc1ccc(C)c(S(=O)(=O)N2CCOCC2)c1)c1ccccc1. The molecule has 1 fully saturated rings. The number of ether oxygens (including phenoxy) is 2. The summed E-state index contributed by atoms with van der Waals surface area (Å²) in [6, 6.07) is 13.9. The van der Waals surface area contributed by atoms with Gasteiger partial charge in [0.05, 0.1) is 24.0 Å². The van der Waals surface area contributed by atoms with E-state index < -0.39 is 34.4 Å². The molecule has 2 aromatic rings. The molecular weight excluding hydrogens is 432 g/mol. The standard InChI is InChI=1S/C23H28N2O6S/c1-3-20(18-7-5-4-6-8-18)23(27)31-16-22(26)24-19-10-9-17(2)21(15-19)32(28,29)25-11-13-30-14-12-25/h4-10,15,20H,3,11-14,16H2,1-2H3,(H,24,26)/t20-/m0/s1. The van der Waals surface area contributed by atoms with Crippen molar-refractivity contribution in [1.29, 1.82) is 0 Å². The van der Waals surface area contributed by atoms with Crippen LogP contribution in [0.15, 0.2) is 53.4 Å². The number of aryl methyl sites for hydroxylation is 1. The molecule has 1 amide bonds. The molecule has 1 N–H and O–H groups in total. The number of hydrogen-bond acceptors (Lipinski definition) is 6. The van der Waals surface area contributed by atoms with Gasteiger partial charge in [-0.2, -0.15) is 4.31 Å². The highest BCUT2D eigenvalue weighted by atomic mass is 32.2. The number of nitrogens with one attached hydrogen (secondary N) is 1. The van der Waals surface area contributed by atoms with Crippen LogP contribution in [0.25, 0.3) is 0 Å². The van der Waals surface area contributed by atoms with Gasteiger partial charge in [0.15, 0.2) is 6.61 Å². The van der Waals surface area contributed by atoms with E-state index in [-0.39, 0.29) is 18.0 Å². The first-order valence-corrected chi connectivity index (χ1v) is 12.0. The zero-order chi connectivity index (χ0) is 23.1. The number of carbonyl (C=O) groups is 2. The van der Waals surface area contributed by atoms with Crippen molar-refractivity contribution in [2.75, 3.05) is 38.2 Å². The molecule has 1 atom stereocenters. The molecule has 3 rings (SSSR count). The van der Waals surface area contributed by atoms with Crippen LogP contribution in [0.3, 0.4) is 0 Å². The summed E-state index contributed by atoms with van der Waals surface area (Å²) in [5.74, 6) is -1.47. The van der Waals surface area contributed by atoms with E-state index in [1.54, 1.807) is 19.1 Å². The molecule has 9 heteroatoms. The van der Waals surface area contributed by atoms with Crippen molar-refractivity contribution in [1.82, 2.24) is 4.31 Å². The number of morpholine rings is 1. The Labute approximate surface area is 188 Å². The molecule has 0 aromatic heterocycles. The van der Waals surface area contributed by atoms with Gasteiger partial charge in [-0.15, -0.1) is 0 Å². The Balaban J connectivity index is 1.64. The Morgan fingerprint density at radius 2 is 1.81 bits per heavy atom. The summed E-state index contributed by atoms with van der Waals surface area (Å²) < 4.78 is 37.8. The number of carbonyl (C=O) groups excluding carboxylic acids is 2. The Hall–Kier alpha value is -2.75. The Kier molecular flexibility index (Phi) is 8.00. The second kappa shape index (κ2) is 10.7. The average Bonchev–Trinajstić information content (AvgIpc) is 2.80. The van der Waals surface area contributed by atoms with Crippen molar-refractivity contribution in [3.8, 4) is 0 Å². The summed E-state index contributed by atoms with van der Waals surface area (Å²) in [4.78, 5) is 24.9.